The lowest BCUT2D eigenvalue weighted by Gasteiger charge is -2.45. The first-order valence-corrected chi connectivity index (χ1v) is 13.1. The molecule has 1 heterocycles. The van der Waals surface area contributed by atoms with E-state index in [0.29, 0.717) is 29.1 Å². The molecule has 0 spiro atoms. The number of carbonyl (C=O) groups excluding carboxylic acids is 2. The topological polar surface area (TPSA) is 69.6 Å². The van der Waals surface area contributed by atoms with Crippen molar-refractivity contribution in [3.05, 3.63) is 142 Å². The molecular weight excluding hydrogens is 496 g/mol. The van der Waals surface area contributed by atoms with Crippen LogP contribution in [0.4, 0.5) is 0 Å². The number of aliphatic hydroxyl groups excluding tert-OH is 1. The Hall–Kier alpha value is -3.93. The summed E-state index contributed by atoms with van der Waals surface area (Å²) in [4.78, 5) is 29.7. The summed E-state index contributed by atoms with van der Waals surface area (Å²) in [5.41, 5.74) is 3.85. The standard InChI is InChI=1S/C32H29ClN2O3/c33-25-17-15-24(16-18-25)30-29(31(37)34-20-19-22-9-3-1-4-10-22)26-13-7-8-14-27(26)32(38)35(30)28(21-36)23-11-5-2-6-12-23/h1-18,28-30,36H,19-21H2,(H,34,37)/t28-,29-,30+/m1/s1. The summed E-state index contributed by atoms with van der Waals surface area (Å²) < 4.78 is 0. The van der Waals surface area contributed by atoms with E-state index in [2.05, 4.69) is 5.32 Å². The highest BCUT2D eigenvalue weighted by atomic mass is 35.5. The molecule has 192 valence electrons. The van der Waals surface area contributed by atoms with E-state index >= 15 is 0 Å². The Morgan fingerprint density at radius 1 is 0.868 bits per heavy atom. The largest absolute Gasteiger partial charge is 0.394 e. The molecule has 0 unspecified atom stereocenters. The van der Waals surface area contributed by atoms with E-state index in [4.69, 9.17) is 11.6 Å². The molecule has 2 N–H and O–H groups in total. The number of halogens is 1. The average molecular weight is 525 g/mol. The van der Waals surface area contributed by atoms with Crippen molar-refractivity contribution in [1.82, 2.24) is 10.2 Å². The molecule has 5 rings (SSSR count). The van der Waals surface area contributed by atoms with E-state index in [1.807, 2.05) is 84.9 Å². The molecule has 1 aliphatic heterocycles. The third-order valence-corrected chi connectivity index (χ3v) is 7.37. The number of carbonyl (C=O) groups is 2. The first-order valence-electron chi connectivity index (χ1n) is 12.7. The molecule has 0 bridgehead atoms. The maximum Gasteiger partial charge on any atom is 0.255 e. The van der Waals surface area contributed by atoms with Gasteiger partial charge in [-0.3, -0.25) is 9.59 Å². The molecule has 0 aromatic heterocycles. The highest BCUT2D eigenvalue weighted by Crippen LogP contribution is 2.46. The lowest BCUT2D eigenvalue weighted by atomic mass is 9.78. The number of fused-ring (bicyclic) bond motifs is 1. The van der Waals surface area contributed by atoms with Gasteiger partial charge in [0.2, 0.25) is 5.91 Å². The Bertz CT molecular complexity index is 1390. The Balaban J connectivity index is 1.59. The Kier molecular flexibility index (Phi) is 7.87. The Morgan fingerprint density at radius 3 is 2.18 bits per heavy atom. The third-order valence-electron chi connectivity index (χ3n) is 7.12. The minimum absolute atomic E-state index is 0.171. The van der Waals surface area contributed by atoms with Gasteiger partial charge in [-0.2, -0.15) is 0 Å². The summed E-state index contributed by atoms with van der Waals surface area (Å²) in [6.45, 7) is 0.176. The molecule has 4 aromatic carbocycles. The number of aliphatic hydroxyl groups is 1. The molecule has 4 aromatic rings. The van der Waals surface area contributed by atoms with Gasteiger partial charge in [-0.1, -0.05) is 103 Å². The number of benzene rings is 4. The van der Waals surface area contributed by atoms with Gasteiger partial charge in [0, 0.05) is 17.1 Å². The summed E-state index contributed by atoms with van der Waals surface area (Å²) in [6, 6.07) is 32.6. The molecule has 0 aliphatic carbocycles. The maximum absolute atomic E-state index is 14.1. The predicted octanol–water partition coefficient (Wildman–Crippen LogP) is 5.71. The van der Waals surface area contributed by atoms with Gasteiger partial charge < -0.3 is 15.3 Å². The number of rotatable bonds is 8. The number of amides is 2. The van der Waals surface area contributed by atoms with Crippen LogP contribution in [0.15, 0.2) is 109 Å². The fourth-order valence-corrected chi connectivity index (χ4v) is 5.43. The van der Waals surface area contributed by atoms with Gasteiger partial charge in [-0.15, -0.1) is 0 Å². The van der Waals surface area contributed by atoms with E-state index in [-0.39, 0.29) is 18.4 Å². The van der Waals surface area contributed by atoms with E-state index < -0.39 is 18.0 Å². The molecule has 0 fully saturated rings. The van der Waals surface area contributed by atoms with Gasteiger partial charge in [0.1, 0.15) is 0 Å². The molecule has 0 saturated carbocycles. The minimum Gasteiger partial charge on any atom is -0.394 e. The maximum atomic E-state index is 14.1. The predicted molar refractivity (Wildman–Crippen MR) is 149 cm³/mol. The molecule has 5 nitrogen and oxygen atoms in total. The van der Waals surface area contributed by atoms with Crippen molar-refractivity contribution in [3.63, 3.8) is 0 Å². The van der Waals surface area contributed by atoms with Gasteiger partial charge in [0.05, 0.1) is 24.6 Å². The summed E-state index contributed by atoms with van der Waals surface area (Å²) in [6.07, 6.45) is 0.693. The monoisotopic (exact) mass is 524 g/mol. The fraction of sp³-hybridized carbons (Fsp3) is 0.188. The zero-order valence-corrected chi connectivity index (χ0v) is 21.6. The van der Waals surface area contributed by atoms with E-state index in [1.165, 1.54) is 0 Å². The van der Waals surface area contributed by atoms with Crippen LogP contribution in [0.25, 0.3) is 0 Å². The fourth-order valence-electron chi connectivity index (χ4n) is 5.31. The van der Waals surface area contributed by atoms with Crippen LogP contribution in [-0.4, -0.2) is 35.0 Å². The van der Waals surface area contributed by atoms with Gasteiger partial charge in [-0.05, 0) is 46.9 Å². The lowest BCUT2D eigenvalue weighted by Crippen LogP contribution is -2.49. The quantitative estimate of drug-likeness (QED) is 0.310. The highest BCUT2D eigenvalue weighted by Gasteiger charge is 2.46. The highest BCUT2D eigenvalue weighted by molar-refractivity contribution is 6.30. The smallest absolute Gasteiger partial charge is 0.255 e. The normalized spacial score (nSPS) is 17.5. The van der Waals surface area contributed by atoms with E-state index in [9.17, 15) is 14.7 Å². The first-order chi connectivity index (χ1) is 18.6. The zero-order chi connectivity index (χ0) is 26.5. The summed E-state index contributed by atoms with van der Waals surface area (Å²) in [5.74, 6) is -1.08. The van der Waals surface area contributed by atoms with Crippen molar-refractivity contribution in [2.45, 2.75) is 24.4 Å². The van der Waals surface area contributed by atoms with Crippen molar-refractivity contribution in [2.75, 3.05) is 13.2 Å². The molecule has 3 atom stereocenters. The molecule has 1 aliphatic rings. The van der Waals surface area contributed by atoms with Crippen LogP contribution >= 0.6 is 11.6 Å². The van der Waals surface area contributed by atoms with Crippen molar-refractivity contribution < 1.29 is 14.7 Å². The van der Waals surface area contributed by atoms with Crippen molar-refractivity contribution in [3.8, 4) is 0 Å². The van der Waals surface area contributed by atoms with E-state index in [0.717, 1.165) is 16.7 Å². The van der Waals surface area contributed by atoms with Crippen LogP contribution in [0.3, 0.4) is 0 Å². The summed E-state index contributed by atoms with van der Waals surface area (Å²) >= 11 is 6.21. The molecule has 0 radical (unpaired) electrons. The van der Waals surface area contributed by atoms with Gasteiger partial charge in [0.15, 0.2) is 0 Å². The number of nitrogens with zero attached hydrogens (tertiary/aromatic N) is 1. The third kappa shape index (κ3) is 5.21. The number of nitrogens with one attached hydrogen (secondary N) is 1. The van der Waals surface area contributed by atoms with Crippen LogP contribution in [0, 0.1) is 0 Å². The van der Waals surface area contributed by atoms with Crippen molar-refractivity contribution in [1.29, 1.82) is 0 Å². The summed E-state index contributed by atoms with van der Waals surface area (Å²) in [7, 11) is 0. The number of hydrogen-bond donors (Lipinski definition) is 2. The molecule has 6 heteroatoms. The van der Waals surface area contributed by atoms with Crippen molar-refractivity contribution >= 4 is 23.4 Å². The Labute approximate surface area is 227 Å². The van der Waals surface area contributed by atoms with Crippen molar-refractivity contribution in [2.24, 2.45) is 0 Å². The zero-order valence-electron chi connectivity index (χ0n) is 20.8. The first kappa shape index (κ1) is 25.7. The molecular formula is C32H29ClN2O3. The second-order valence-electron chi connectivity index (χ2n) is 9.41. The minimum atomic E-state index is -0.682. The molecule has 2 amide bonds. The van der Waals surface area contributed by atoms with Gasteiger partial charge >= 0.3 is 0 Å². The van der Waals surface area contributed by atoms with E-state index in [1.54, 1.807) is 29.2 Å². The SMILES string of the molecule is O=C(NCCc1ccccc1)[C@@H]1c2ccccc2C(=O)N([C@H](CO)c2ccccc2)[C@H]1c1ccc(Cl)cc1. The van der Waals surface area contributed by atoms with Crippen LogP contribution in [0.2, 0.25) is 5.02 Å². The second kappa shape index (κ2) is 11.6. The molecule has 0 saturated heterocycles. The Morgan fingerprint density at radius 2 is 1.50 bits per heavy atom. The van der Waals surface area contributed by atoms with Gasteiger partial charge in [-0.25, -0.2) is 0 Å². The molecule has 38 heavy (non-hydrogen) atoms. The van der Waals surface area contributed by atoms with Gasteiger partial charge in [0.25, 0.3) is 5.91 Å². The lowest BCUT2D eigenvalue weighted by molar-refractivity contribution is -0.124. The van der Waals surface area contributed by atoms with Crippen LogP contribution in [0.1, 0.15) is 50.6 Å². The summed E-state index contributed by atoms with van der Waals surface area (Å²) in [5, 5.41) is 14.3. The van der Waals surface area contributed by atoms with Crippen LogP contribution < -0.4 is 5.32 Å². The van der Waals surface area contributed by atoms with Crippen LogP contribution in [-0.2, 0) is 11.2 Å². The van der Waals surface area contributed by atoms with Crippen LogP contribution in [0.5, 0.6) is 0 Å². The average Bonchev–Trinajstić information content (AvgIpc) is 2.96. The second-order valence-corrected chi connectivity index (χ2v) is 9.85. The number of hydrogen-bond acceptors (Lipinski definition) is 3.